The molecule has 0 saturated carbocycles. The lowest BCUT2D eigenvalue weighted by Crippen LogP contribution is -2.16. The fraction of sp³-hybridized carbons (Fsp3) is 0.312. The highest BCUT2D eigenvalue weighted by molar-refractivity contribution is 5.98. The molecule has 1 heterocycles. The number of benzene rings is 3. The number of primary amides is 1. The fourth-order valence-electron chi connectivity index (χ4n) is 4.84. The largest absolute Gasteiger partial charge is 0.497 e. The molecule has 1 aromatic heterocycles. The summed E-state index contributed by atoms with van der Waals surface area (Å²) >= 11 is 0. The lowest BCUT2D eigenvalue weighted by atomic mass is 10.0. The summed E-state index contributed by atoms with van der Waals surface area (Å²) in [5.41, 5.74) is 12.4. The average molecular weight is 543 g/mol. The Morgan fingerprint density at radius 1 is 0.925 bits per heavy atom. The second kappa shape index (κ2) is 13.7. The van der Waals surface area contributed by atoms with Crippen LogP contribution in [0.15, 0.2) is 60.8 Å². The van der Waals surface area contributed by atoms with E-state index in [1.54, 1.807) is 13.3 Å². The van der Waals surface area contributed by atoms with E-state index in [1.807, 2.05) is 50.2 Å². The van der Waals surface area contributed by atoms with Gasteiger partial charge in [0.05, 0.1) is 37.9 Å². The van der Waals surface area contributed by atoms with Crippen molar-refractivity contribution in [2.24, 2.45) is 5.73 Å². The molecule has 0 radical (unpaired) electrons. The van der Waals surface area contributed by atoms with Crippen molar-refractivity contribution in [1.82, 2.24) is 10.3 Å². The Balaban J connectivity index is 1.69. The predicted molar refractivity (Wildman–Crippen MR) is 160 cm³/mol. The summed E-state index contributed by atoms with van der Waals surface area (Å²) in [6.07, 6.45) is 2.59. The summed E-state index contributed by atoms with van der Waals surface area (Å²) in [6, 6.07) is 18.1. The van der Waals surface area contributed by atoms with Crippen LogP contribution in [0.25, 0.3) is 10.9 Å². The lowest BCUT2D eigenvalue weighted by molar-refractivity contribution is -0.117. The van der Waals surface area contributed by atoms with E-state index in [2.05, 4.69) is 40.7 Å². The summed E-state index contributed by atoms with van der Waals surface area (Å²) in [5.74, 6) is 1.68. The van der Waals surface area contributed by atoms with Crippen LogP contribution in [0.1, 0.15) is 43.0 Å². The molecule has 3 aromatic carbocycles. The number of ether oxygens (including phenoxy) is 3. The standard InChI is InChI=1S/C32H38N4O4/c1-5-25-22(19-34-18-21-10-8-12-24(14-21)38-4)11-9-13-27(25)36-32-23(15-31(33)37)20-35-28-17-30(40-7-3)29(39-6-2)16-26(28)32/h8-14,16-17,20,34H,5-7,15,18-19H2,1-4H3,(H2,33,37)(H,35,36). The number of hydrogen-bond acceptors (Lipinski definition) is 7. The first-order chi connectivity index (χ1) is 19.5. The first kappa shape index (κ1) is 28.7. The molecular formula is C32H38N4O4. The van der Waals surface area contributed by atoms with E-state index in [4.69, 9.17) is 19.9 Å². The van der Waals surface area contributed by atoms with Gasteiger partial charge in [-0.15, -0.1) is 0 Å². The molecule has 1 amide bonds. The molecule has 0 aliphatic heterocycles. The van der Waals surface area contributed by atoms with Crippen molar-refractivity contribution in [3.63, 3.8) is 0 Å². The second-order valence-electron chi connectivity index (χ2n) is 9.36. The van der Waals surface area contributed by atoms with Gasteiger partial charge in [-0.3, -0.25) is 9.78 Å². The first-order valence-electron chi connectivity index (χ1n) is 13.7. The molecule has 210 valence electrons. The summed E-state index contributed by atoms with van der Waals surface area (Å²) < 4.78 is 17.1. The zero-order chi connectivity index (χ0) is 28.5. The van der Waals surface area contributed by atoms with Gasteiger partial charge in [0.2, 0.25) is 5.91 Å². The van der Waals surface area contributed by atoms with E-state index in [-0.39, 0.29) is 6.42 Å². The zero-order valence-corrected chi connectivity index (χ0v) is 23.7. The van der Waals surface area contributed by atoms with Gasteiger partial charge in [-0.1, -0.05) is 31.2 Å². The van der Waals surface area contributed by atoms with E-state index in [0.29, 0.717) is 31.3 Å². The van der Waals surface area contributed by atoms with Crippen molar-refractivity contribution in [3.8, 4) is 17.2 Å². The van der Waals surface area contributed by atoms with Crippen LogP contribution >= 0.6 is 0 Å². The van der Waals surface area contributed by atoms with Crippen LogP contribution in [0.3, 0.4) is 0 Å². The number of rotatable bonds is 14. The molecule has 0 spiro atoms. The van der Waals surface area contributed by atoms with Crippen LogP contribution in [0.4, 0.5) is 11.4 Å². The van der Waals surface area contributed by atoms with Crippen molar-refractivity contribution in [1.29, 1.82) is 0 Å². The van der Waals surface area contributed by atoms with Gasteiger partial charge in [-0.25, -0.2) is 0 Å². The fourth-order valence-corrected chi connectivity index (χ4v) is 4.84. The third-order valence-corrected chi connectivity index (χ3v) is 6.64. The number of hydrogen-bond donors (Lipinski definition) is 3. The zero-order valence-electron chi connectivity index (χ0n) is 23.7. The monoisotopic (exact) mass is 542 g/mol. The number of carbonyl (C=O) groups excluding carboxylic acids is 1. The maximum absolute atomic E-state index is 12.0. The number of aromatic nitrogens is 1. The second-order valence-corrected chi connectivity index (χ2v) is 9.36. The molecular weight excluding hydrogens is 504 g/mol. The third-order valence-electron chi connectivity index (χ3n) is 6.64. The predicted octanol–water partition coefficient (Wildman–Crippen LogP) is 5.66. The lowest BCUT2D eigenvalue weighted by Gasteiger charge is -2.20. The van der Waals surface area contributed by atoms with E-state index >= 15 is 0 Å². The normalized spacial score (nSPS) is 10.9. The van der Waals surface area contributed by atoms with Gasteiger partial charge in [0.15, 0.2) is 11.5 Å². The molecule has 40 heavy (non-hydrogen) atoms. The molecule has 0 aliphatic rings. The number of fused-ring (bicyclic) bond motifs is 1. The van der Waals surface area contributed by atoms with Crippen LogP contribution in [0, 0.1) is 0 Å². The number of nitrogens with zero attached hydrogens (tertiary/aromatic N) is 1. The minimum Gasteiger partial charge on any atom is -0.497 e. The third kappa shape index (κ3) is 6.82. The maximum Gasteiger partial charge on any atom is 0.221 e. The Morgan fingerprint density at radius 3 is 2.38 bits per heavy atom. The van der Waals surface area contributed by atoms with Crippen molar-refractivity contribution in [3.05, 3.63) is 83.0 Å². The van der Waals surface area contributed by atoms with E-state index in [0.717, 1.165) is 52.1 Å². The minimum atomic E-state index is -0.425. The van der Waals surface area contributed by atoms with Crippen molar-refractivity contribution in [2.45, 2.75) is 46.7 Å². The molecule has 0 unspecified atom stereocenters. The van der Waals surface area contributed by atoms with Crippen molar-refractivity contribution in [2.75, 3.05) is 25.6 Å². The molecule has 8 nitrogen and oxygen atoms in total. The van der Waals surface area contributed by atoms with E-state index in [1.165, 1.54) is 11.1 Å². The van der Waals surface area contributed by atoms with Crippen LogP contribution in [0.5, 0.6) is 17.2 Å². The first-order valence-corrected chi connectivity index (χ1v) is 13.7. The van der Waals surface area contributed by atoms with Crippen LogP contribution in [0.2, 0.25) is 0 Å². The molecule has 8 heteroatoms. The maximum atomic E-state index is 12.0. The number of nitrogens with two attached hydrogens (primary N) is 1. The Labute approximate surface area is 235 Å². The number of anilines is 2. The number of pyridine rings is 1. The van der Waals surface area contributed by atoms with Gasteiger partial charge in [0.25, 0.3) is 0 Å². The van der Waals surface area contributed by atoms with Gasteiger partial charge in [-0.2, -0.15) is 0 Å². The Morgan fingerprint density at radius 2 is 1.68 bits per heavy atom. The van der Waals surface area contributed by atoms with Gasteiger partial charge in [0.1, 0.15) is 5.75 Å². The summed E-state index contributed by atoms with van der Waals surface area (Å²) in [5, 5.41) is 8.02. The molecule has 0 bridgehead atoms. The Bertz CT molecular complexity index is 1470. The molecule has 0 saturated heterocycles. The van der Waals surface area contributed by atoms with Crippen LogP contribution < -0.4 is 30.6 Å². The smallest absolute Gasteiger partial charge is 0.221 e. The molecule has 4 rings (SSSR count). The minimum absolute atomic E-state index is 0.0612. The highest BCUT2D eigenvalue weighted by Crippen LogP contribution is 2.38. The quantitative estimate of drug-likeness (QED) is 0.189. The number of carbonyl (C=O) groups is 1. The van der Waals surface area contributed by atoms with Crippen molar-refractivity contribution >= 4 is 28.2 Å². The SMILES string of the molecule is CCOc1cc2ncc(CC(N)=O)c(Nc3cccc(CNCc4cccc(OC)c4)c3CC)c2cc1OCC. The topological polar surface area (TPSA) is 108 Å². The molecule has 0 atom stereocenters. The molecule has 4 aromatic rings. The van der Waals surface area contributed by atoms with Crippen LogP contribution in [-0.4, -0.2) is 31.2 Å². The average Bonchev–Trinajstić information content (AvgIpc) is 2.95. The highest BCUT2D eigenvalue weighted by atomic mass is 16.5. The Kier molecular flexibility index (Phi) is 9.81. The Hall–Kier alpha value is -4.30. The molecule has 0 aliphatic carbocycles. The summed E-state index contributed by atoms with van der Waals surface area (Å²) in [6.45, 7) is 8.43. The van der Waals surface area contributed by atoms with Crippen molar-refractivity contribution < 1.29 is 19.0 Å². The van der Waals surface area contributed by atoms with Gasteiger partial charge >= 0.3 is 0 Å². The van der Waals surface area contributed by atoms with Gasteiger partial charge < -0.3 is 30.6 Å². The highest BCUT2D eigenvalue weighted by Gasteiger charge is 2.17. The number of amides is 1. The number of nitrogens with one attached hydrogen (secondary N) is 2. The van der Waals surface area contributed by atoms with E-state index < -0.39 is 5.91 Å². The van der Waals surface area contributed by atoms with E-state index in [9.17, 15) is 4.79 Å². The van der Waals surface area contributed by atoms with Gasteiger partial charge in [-0.05, 0) is 61.2 Å². The van der Waals surface area contributed by atoms with Crippen LogP contribution in [-0.2, 0) is 30.7 Å². The number of methoxy groups -OCH3 is 1. The summed E-state index contributed by atoms with van der Waals surface area (Å²) in [7, 11) is 1.68. The van der Waals surface area contributed by atoms with Gasteiger partial charge in [0, 0.05) is 42.0 Å². The molecule has 0 fully saturated rings. The molecule has 4 N–H and O–H groups in total. The summed E-state index contributed by atoms with van der Waals surface area (Å²) in [4.78, 5) is 16.6.